The summed E-state index contributed by atoms with van der Waals surface area (Å²) in [4.78, 5) is 26.8. The van der Waals surface area contributed by atoms with Gasteiger partial charge < -0.3 is 19.8 Å². The highest BCUT2D eigenvalue weighted by Gasteiger charge is 2.10. The van der Waals surface area contributed by atoms with Gasteiger partial charge in [-0.3, -0.25) is 9.59 Å². The van der Waals surface area contributed by atoms with Crippen LogP contribution in [-0.2, 0) is 22.6 Å². The lowest BCUT2D eigenvalue weighted by Gasteiger charge is -2.08. The first-order chi connectivity index (χ1) is 15.5. The number of ether oxygens (including phenoxy) is 2. The van der Waals surface area contributed by atoms with Crippen LogP contribution in [0.15, 0.2) is 53.3 Å². The largest absolute Gasteiger partial charge is 0.489 e. The second kappa shape index (κ2) is 11.7. The summed E-state index contributed by atoms with van der Waals surface area (Å²) in [6.45, 7) is 1.34. The molecule has 1 heterocycles. The van der Waals surface area contributed by atoms with Gasteiger partial charge in [-0.25, -0.2) is 4.39 Å². The Bertz CT molecular complexity index is 1090. The second-order valence-electron chi connectivity index (χ2n) is 7.09. The number of nitrogens with zero attached hydrogens (tertiary/aromatic N) is 2. The first-order valence-electron chi connectivity index (χ1n) is 10.2. The molecular weight excluding hydrogens is 415 g/mol. The van der Waals surface area contributed by atoms with Gasteiger partial charge in [0.25, 0.3) is 5.56 Å². The molecule has 0 bridgehead atoms. The molecule has 2 N–H and O–H groups in total. The van der Waals surface area contributed by atoms with E-state index in [1.54, 1.807) is 43.5 Å². The van der Waals surface area contributed by atoms with Crippen molar-refractivity contribution < 1.29 is 18.7 Å². The molecule has 8 nitrogen and oxygen atoms in total. The molecule has 0 aliphatic rings. The maximum absolute atomic E-state index is 13.2. The van der Waals surface area contributed by atoms with E-state index in [1.807, 2.05) is 0 Å². The molecular formula is C23H25FN4O4. The third-order valence-electron chi connectivity index (χ3n) is 4.62. The molecule has 0 saturated carbocycles. The Kier molecular flexibility index (Phi) is 8.44. The number of H-pyrrole nitrogens is 1. The Morgan fingerprint density at radius 1 is 1.16 bits per heavy atom. The van der Waals surface area contributed by atoms with E-state index < -0.39 is 0 Å². The number of nitrogens with one attached hydrogen (secondary N) is 2. The Balaban J connectivity index is 1.53. The standard InChI is InChI=1S/C23H25FN4O4/c1-31-13-3-12-25-21(29)11-10-20-23(30)26-22(28-27-20)17-6-8-19(9-7-17)32-15-16-4-2-5-18(24)14-16/h2,4-9,14H,3,10-13,15H2,1H3,(H,25,29)(H,26,28,30). The highest BCUT2D eigenvalue weighted by Crippen LogP contribution is 2.19. The van der Waals surface area contributed by atoms with Crippen molar-refractivity contribution in [3.8, 4) is 17.1 Å². The van der Waals surface area contributed by atoms with Gasteiger partial charge in [0.1, 0.15) is 23.9 Å². The molecule has 9 heteroatoms. The van der Waals surface area contributed by atoms with Crippen LogP contribution < -0.4 is 15.6 Å². The fourth-order valence-electron chi connectivity index (χ4n) is 2.92. The number of hydrogen-bond donors (Lipinski definition) is 2. The quantitative estimate of drug-likeness (QED) is 0.444. The summed E-state index contributed by atoms with van der Waals surface area (Å²) in [5.74, 6) is 0.455. The van der Waals surface area contributed by atoms with Crippen LogP contribution in [0.5, 0.6) is 5.75 Å². The van der Waals surface area contributed by atoms with Crippen LogP contribution in [0.4, 0.5) is 4.39 Å². The highest BCUT2D eigenvalue weighted by molar-refractivity contribution is 5.76. The Labute approximate surface area is 184 Å². The van der Waals surface area contributed by atoms with Crippen LogP contribution in [0.3, 0.4) is 0 Å². The number of rotatable bonds is 11. The third kappa shape index (κ3) is 6.98. The van der Waals surface area contributed by atoms with Crippen LogP contribution in [0, 0.1) is 5.82 Å². The van der Waals surface area contributed by atoms with Crippen molar-refractivity contribution in [1.29, 1.82) is 0 Å². The van der Waals surface area contributed by atoms with Crippen LogP contribution in [0.25, 0.3) is 11.4 Å². The van der Waals surface area contributed by atoms with E-state index in [0.717, 1.165) is 12.0 Å². The molecule has 0 radical (unpaired) electrons. The van der Waals surface area contributed by atoms with Crippen molar-refractivity contribution in [2.24, 2.45) is 0 Å². The Hall–Kier alpha value is -3.59. The number of halogens is 1. The van der Waals surface area contributed by atoms with Crippen molar-refractivity contribution in [3.63, 3.8) is 0 Å². The van der Waals surface area contributed by atoms with Crippen LogP contribution in [0.2, 0.25) is 0 Å². The molecule has 0 spiro atoms. The Morgan fingerprint density at radius 3 is 2.69 bits per heavy atom. The van der Waals surface area contributed by atoms with E-state index in [-0.39, 0.29) is 42.4 Å². The number of aromatic nitrogens is 3. The second-order valence-corrected chi connectivity index (χ2v) is 7.09. The Morgan fingerprint density at radius 2 is 1.97 bits per heavy atom. The molecule has 0 unspecified atom stereocenters. The first-order valence-corrected chi connectivity index (χ1v) is 10.2. The molecule has 2 aromatic carbocycles. The summed E-state index contributed by atoms with van der Waals surface area (Å²) < 4.78 is 23.8. The number of carbonyl (C=O) groups excluding carboxylic acids is 1. The van der Waals surface area contributed by atoms with Crippen LogP contribution >= 0.6 is 0 Å². The van der Waals surface area contributed by atoms with Crippen LogP contribution in [-0.4, -0.2) is 41.3 Å². The fourth-order valence-corrected chi connectivity index (χ4v) is 2.92. The lowest BCUT2D eigenvalue weighted by atomic mass is 10.2. The molecule has 0 saturated heterocycles. The van der Waals surface area contributed by atoms with E-state index in [4.69, 9.17) is 9.47 Å². The van der Waals surface area contributed by atoms with Crippen molar-refractivity contribution in [2.45, 2.75) is 25.9 Å². The molecule has 0 fully saturated rings. The third-order valence-corrected chi connectivity index (χ3v) is 4.62. The molecule has 1 aromatic heterocycles. The summed E-state index contributed by atoms with van der Waals surface area (Å²) in [7, 11) is 1.61. The SMILES string of the molecule is COCCCNC(=O)CCc1nnc(-c2ccc(OCc3cccc(F)c3)cc2)[nH]c1=O. The summed E-state index contributed by atoms with van der Waals surface area (Å²) in [6, 6.07) is 13.2. The van der Waals surface area contributed by atoms with Crippen molar-refractivity contribution >= 4 is 5.91 Å². The topological polar surface area (TPSA) is 106 Å². The van der Waals surface area contributed by atoms with Gasteiger partial charge in [-0.2, -0.15) is 0 Å². The van der Waals surface area contributed by atoms with Gasteiger partial charge in [-0.05, 0) is 48.4 Å². The number of aryl methyl sites for hydroxylation is 1. The smallest absolute Gasteiger partial charge is 0.273 e. The van der Waals surface area contributed by atoms with Crippen LogP contribution in [0.1, 0.15) is 24.1 Å². The number of carbonyl (C=O) groups is 1. The average molecular weight is 440 g/mol. The summed E-state index contributed by atoms with van der Waals surface area (Å²) >= 11 is 0. The predicted octanol–water partition coefficient (Wildman–Crippen LogP) is 2.64. The van der Waals surface area contributed by atoms with Crippen molar-refractivity contribution in [3.05, 3.63) is 76.0 Å². The van der Waals surface area contributed by atoms with Gasteiger partial charge in [0, 0.05) is 38.7 Å². The molecule has 3 aromatic rings. The van der Waals surface area contributed by atoms with Gasteiger partial charge >= 0.3 is 0 Å². The van der Waals surface area contributed by atoms with Gasteiger partial charge in [-0.15, -0.1) is 10.2 Å². The maximum atomic E-state index is 13.2. The van der Waals surface area contributed by atoms with E-state index >= 15 is 0 Å². The zero-order valence-electron chi connectivity index (χ0n) is 17.8. The van der Waals surface area contributed by atoms with Gasteiger partial charge in [-0.1, -0.05) is 12.1 Å². The zero-order chi connectivity index (χ0) is 22.8. The van der Waals surface area contributed by atoms with Gasteiger partial charge in [0.2, 0.25) is 5.91 Å². The molecule has 168 valence electrons. The fraction of sp³-hybridized carbons (Fsp3) is 0.304. The minimum absolute atomic E-state index is 0.153. The molecule has 0 atom stereocenters. The highest BCUT2D eigenvalue weighted by atomic mass is 19.1. The van der Waals surface area contributed by atoms with E-state index in [0.29, 0.717) is 30.3 Å². The minimum atomic E-state index is -0.381. The van der Waals surface area contributed by atoms with Gasteiger partial charge in [0.05, 0.1) is 0 Å². The normalized spacial score (nSPS) is 10.7. The minimum Gasteiger partial charge on any atom is -0.489 e. The lowest BCUT2D eigenvalue weighted by Crippen LogP contribution is -2.27. The van der Waals surface area contributed by atoms with E-state index in [9.17, 15) is 14.0 Å². The molecule has 0 aliphatic carbocycles. The van der Waals surface area contributed by atoms with Gasteiger partial charge in [0.15, 0.2) is 5.82 Å². The summed E-state index contributed by atoms with van der Waals surface area (Å²) in [6.07, 6.45) is 1.08. The number of hydrogen-bond acceptors (Lipinski definition) is 6. The van der Waals surface area contributed by atoms with Crippen molar-refractivity contribution in [2.75, 3.05) is 20.3 Å². The van der Waals surface area contributed by atoms with E-state index in [2.05, 4.69) is 20.5 Å². The average Bonchev–Trinajstić information content (AvgIpc) is 2.80. The van der Waals surface area contributed by atoms with Crippen molar-refractivity contribution in [1.82, 2.24) is 20.5 Å². The zero-order valence-corrected chi connectivity index (χ0v) is 17.8. The number of amides is 1. The monoisotopic (exact) mass is 440 g/mol. The summed E-state index contributed by atoms with van der Waals surface area (Å²) in [5, 5.41) is 10.8. The number of aromatic amines is 1. The number of benzene rings is 2. The first kappa shape index (κ1) is 23.1. The molecule has 32 heavy (non-hydrogen) atoms. The number of methoxy groups -OCH3 is 1. The lowest BCUT2D eigenvalue weighted by molar-refractivity contribution is -0.121. The molecule has 1 amide bonds. The molecule has 3 rings (SSSR count). The maximum Gasteiger partial charge on any atom is 0.273 e. The molecule has 0 aliphatic heterocycles. The predicted molar refractivity (Wildman–Crippen MR) is 117 cm³/mol. The summed E-state index contributed by atoms with van der Waals surface area (Å²) in [5.41, 5.74) is 1.21. The van der Waals surface area contributed by atoms with E-state index in [1.165, 1.54) is 12.1 Å².